The molecule has 6 atom stereocenters. The molecular weight excluding hydrogens is 1670 g/mol. The second-order valence-corrected chi connectivity index (χ2v) is 36.0. The lowest BCUT2D eigenvalue weighted by Crippen LogP contribution is -2.55. The molecule has 0 heterocycles. The van der Waals surface area contributed by atoms with E-state index in [9.17, 15) is 33.6 Å². The van der Waals surface area contributed by atoms with Gasteiger partial charge in [0.05, 0.1) is 45.3 Å². The summed E-state index contributed by atoms with van der Waals surface area (Å²) < 4.78 is 0. The Hall–Kier alpha value is -11.0. The van der Waals surface area contributed by atoms with Crippen LogP contribution >= 0.6 is 0 Å². The number of Topliss-reactive ketones (excluding diaryl/α,β-unsaturated/α-hetero) is 1. The summed E-state index contributed by atoms with van der Waals surface area (Å²) in [7, 11) is 1.84. The number of nitrogens with two attached hydrogens (primary N) is 4. The highest BCUT2D eigenvalue weighted by atomic mass is 16.2. The maximum atomic E-state index is 15.3. The molecule has 6 aromatic carbocycles. The molecule has 11 amide bonds. The normalized spacial score (nSPS) is 12.6. The summed E-state index contributed by atoms with van der Waals surface area (Å²) in [6.45, 7) is 8.47. The van der Waals surface area contributed by atoms with Crippen molar-refractivity contribution in [1.29, 1.82) is 0 Å². The van der Waals surface area contributed by atoms with E-state index in [1.54, 1.807) is 4.90 Å². The summed E-state index contributed by atoms with van der Waals surface area (Å²) in [5.41, 5.74) is 29.9. The Bertz CT molecular complexity index is 4350. The van der Waals surface area contributed by atoms with Gasteiger partial charge in [0.25, 0.3) is 0 Å². The summed E-state index contributed by atoms with van der Waals surface area (Å²) >= 11 is 0. The summed E-state index contributed by atoms with van der Waals surface area (Å²) in [6.07, 6.45) is 9.73. The van der Waals surface area contributed by atoms with Crippen LogP contribution in [0.5, 0.6) is 0 Å². The molecule has 0 radical (unpaired) electrons. The highest BCUT2D eigenvalue weighted by Gasteiger charge is 2.33. The number of amides is 11. The van der Waals surface area contributed by atoms with Crippen molar-refractivity contribution in [3.63, 3.8) is 0 Å². The number of nitrogens with one attached hydrogen (secondary N) is 6. The first-order valence-corrected chi connectivity index (χ1v) is 48.1. The molecular formula is C104H154N16O12. The van der Waals surface area contributed by atoms with Gasteiger partial charge in [-0.2, -0.15) is 0 Å². The van der Waals surface area contributed by atoms with Gasteiger partial charge in [0, 0.05) is 108 Å². The fourth-order valence-corrected chi connectivity index (χ4v) is 16.2. The van der Waals surface area contributed by atoms with Gasteiger partial charge in [-0.05, 0) is 188 Å². The number of hydrogen-bond donors (Lipinski definition) is 10. The van der Waals surface area contributed by atoms with Crippen molar-refractivity contribution in [3.8, 4) is 0 Å². The van der Waals surface area contributed by atoms with Crippen molar-refractivity contribution in [2.45, 2.75) is 238 Å². The first-order valence-electron chi connectivity index (χ1n) is 48.1. The average Bonchev–Trinajstić information content (AvgIpc) is 0.870. The van der Waals surface area contributed by atoms with Crippen LogP contribution < -0.4 is 54.8 Å². The Morgan fingerprint density at radius 3 is 0.689 bits per heavy atom. The number of carbonyl (C=O) groups excluding carboxylic acids is 12. The number of hydrogen-bond acceptors (Lipinski definition) is 17. The van der Waals surface area contributed by atoms with Gasteiger partial charge < -0.3 is 84.2 Å². The quantitative estimate of drug-likeness (QED) is 0.0159. The monoisotopic (exact) mass is 1820 g/mol. The zero-order chi connectivity index (χ0) is 95.6. The molecule has 28 heteroatoms. The molecule has 0 saturated heterocycles. The number of carbonyl (C=O) groups is 12. The summed E-state index contributed by atoms with van der Waals surface area (Å²) in [6, 6.07) is 53.5. The standard InChI is InChI=1S/C104H154N16O12/c1-79(2)49-55-99(127)119(72-92(109-6)65-86-41-21-11-22-42-86)78-98(126)114-93(66-87-43-23-12-24-44-87)73-120(100(128)56-50-80(3)4)77-97(125)113-91(48-28-32-64-108)71-118(104(132)60-54-85-39-19-10-20-40-85)76-96(124)112-90(47-27-31-63-107)70-117(103(131)59-53-84-37-17-9-18-38-84)75-95(123)111-89(46-26-30-62-106)69-116(102(130)58-52-83-35-15-8-16-36-83)74-94(122)110-88(45-25-29-61-105)68-115(67-81(5)121)101(129)57-51-82-33-13-7-14-34-82/h7-24,33-44,79-80,88-93,109H,25-32,45-78,105-108H2,1-6H3,(H,110,122)(H,111,123)(H,112,124)(H,113,125)(H,114,126)/t88-,89-,90-,91-,92-,93-/m0/s1. The van der Waals surface area contributed by atoms with Crippen LogP contribution in [0.2, 0.25) is 0 Å². The van der Waals surface area contributed by atoms with E-state index >= 15 is 24.0 Å². The fraction of sp³-hybridized carbons (Fsp3) is 0.538. The maximum Gasteiger partial charge on any atom is 0.239 e. The minimum Gasteiger partial charge on any atom is -0.350 e. The molecule has 28 nitrogen and oxygen atoms in total. The molecule has 14 N–H and O–H groups in total. The zero-order valence-corrected chi connectivity index (χ0v) is 79.5. The molecule has 0 bridgehead atoms. The van der Waals surface area contributed by atoms with E-state index in [2.05, 4.69) is 31.9 Å². The number of ketones is 1. The van der Waals surface area contributed by atoms with Gasteiger partial charge >= 0.3 is 0 Å². The van der Waals surface area contributed by atoms with E-state index in [1.165, 1.54) is 31.4 Å². The predicted molar refractivity (Wildman–Crippen MR) is 522 cm³/mol. The van der Waals surface area contributed by atoms with Gasteiger partial charge in [-0.15, -0.1) is 0 Å². The lowest BCUT2D eigenvalue weighted by Gasteiger charge is -2.32. The number of likely N-dealkylation sites (N-methyl/N-ethyl adjacent to an activating group) is 1. The Balaban J connectivity index is 1.30. The largest absolute Gasteiger partial charge is 0.350 e. The van der Waals surface area contributed by atoms with Crippen LogP contribution in [0, 0.1) is 11.8 Å². The molecule has 722 valence electrons. The first-order chi connectivity index (χ1) is 63.7. The minimum absolute atomic E-state index is 0.0122. The van der Waals surface area contributed by atoms with Crippen molar-refractivity contribution < 1.29 is 57.5 Å². The van der Waals surface area contributed by atoms with Crippen molar-refractivity contribution in [2.24, 2.45) is 34.8 Å². The molecule has 0 spiro atoms. The summed E-state index contributed by atoms with van der Waals surface area (Å²) in [5.74, 6) is -4.37. The van der Waals surface area contributed by atoms with Gasteiger partial charge in [-0.3, -0.25) is 57.5 Å². The number of benzene rings is 6. The van der Waals surface area contributed by atoms with Crippen molar-refractivity contribution in [1.82, 2.24) is 61.3 Å². The summed E-state index contributed by atoms with van der Waals surface area (Å²) in [5, 5.41) is 19.2. The first kappa shape index (κ1) is 110. The van der Waals surface area contributed by atoms with Gasteiger partial charge in [-0.1, -0.05) is 235 Å². The predicted octanol–water partition coefficient (Wildman–Crippen LogP) is 8.96. The smallest absolute Gasteiger partial charge is 0.239 e. The van der Waals surface area contributed by atoms with Gasteiger partial charge in [0.15, 0.2) is 0 Å². The molecule has 0 aromatic heterocycles. The van der Waals surface area contributed by atoms with Crippen LogP contribution in [0.4, 0.5) is 0 Å². The van der Waals surface area contributed by atoms with E-state index in [1.807, 2.05) is 217 Å². The molecule has 0 aliphatic carbocycles. The highest BCUT2D eigenvalue weighted by Crippen LogP contribution is 2.20. The Morgan fingerprint density at radius 2 is 0.462 bits per heavy atom. The van der Waals surface area contributed by atoms with Crippen LogP contribution in [-0.4, -0.2) is 248 Å². The molecule has 6 rings (SSSR count). The highest BCUT2D eigenvalue weighted by molar-refractivity contribution is 5.90. The van der Waals surface area contributed by atoms with E-state index in [4.69, 9.17) is 22.9 Å². The van der Waals surface area contributed by atoms with Crippen molar-refractivity contribution >= 4 is 70.8 Å². The van der Waals surface area contributed by atoms with Crippen molar-refractivity contribution in [3.05, 3.63) is 215 Å². The topological polar surface area (TPSA) is 401 Å². The third kappa shape index (κ3) is 46.4. The molecule has 0 unspecified atom stereocenters. The SMILES string of the molecule is CN[C@@H](Cc1ccccc1)CN(CC(=O)N[C@@H](Cc1ccccc1)CN(CC(=O)N[C@@H](CCCCN)CN(CC(=O)N[C@@H](CCCCN)CN(CC(=O)N[C@@H](CCCCN)CN(CC(=O)N[C@@H](CCCCN)CN(CC(C)=O)C(=O)CCc1ccccc1)C(=O)CCc1ccccc1)C(=O)CCc1ccccc1)C(=O)CCc1ccccc1)C(=O)CCC(C)C)C(=O)CCC(C)C. The lowest BCUT2D eigenvalue weighted by atomic mass is 10.0. The number of aryl methyl sites for hydroxylation is 4. The van der Waals surface area contributed by atoms with E-state index in [0.717, 1.165) is 33.4 Å². The van der Waals surface area contributed by atoms with E-state index in [-0.39, 0.29) is 151 Å². The van der Waals surface area contributed by atoms with Crippen LogP contribution in [-0.2, 0) is 96.1 Å². The Labute approximate surface area is 785 Å². The van der Waals surface area contributed by atoms with Gasteiger partial charge in [-0.25, -0.2) is 0 Å². The molecule has 0 fully saturated rings. The van der Waals surface area contributed by atoms with Crippen LogP contribution in [0.3, 0.4) is 0 Å². The number of unbranched alkanes of at least 4 members (excludes halogenated alkanes) is 4. The van der Waals surface area contributed by atoms with Gasteiger partial charge in [0.1, 0.15) is 5.78 Å². The zero-order valence-electron chi connectivity index (χ0n) is 79.5. The Morgan fingerprint density at radius 1 is 0.258 bits per heavy atom. The van der Waals surface area contributed by atoms with Crippen molar-refractivity contribution in [2.75, 3.05) is 112 Å². The number of nitrogens with zero attached hydrogens (tertiary/aromatic N) is 6. The molecule has 0 aliphatic heterocycles. The maximum absolute atomic E-state index is 15.3. The average molecular weight is 1820 g/mol. The molecule has 132 heavy (non-hydrogen) atoms. The third-order valence-corrected chi connectivity index (χ3v) is 23.5. The summed E-state index contributed by atoms with van der Waals surface area (Å²) in [4.78, 5) is 184. The van der Waals surface area contributed by atoms with Crippen LogP contribution in [0.1, 0.15) is 196 Å². The minimum atomic E-state index is -0.807. The van der Waals surface area contributed by atoms with Crippen LogP contribution in [0.25, 0.3) is 0 Å². The second-order valence-electron chi connectivity index (χ2n) is 36.0. The molecule has 0 aliphatic rings. The van der Waals surface area contributed by atoms with E-state index < -0.39 is 91.8 Å². The lowest BCUT2D eigenvalue weighted by molar-refractivity contribution is -0.139. The van der Waals surface area contributed by atoms with Crippen LogP contribution in [0.15, 0.2) is 182 Å². The third-order valence-electron chi connectivity index (χ3n) is 23.5. The Kier molecular flexibility index (Phi) is 53.1. The molecule has 0 saturated carbocycles. The second kappa shape index (κ2) is 63.9. The fourth-order valence-electron chi connectivity index (χ4n) is 16.2. The molecule has 6 aromatic rings. The number of rotatable bonds is 68. The van der Waals surface area contributed by atoms with Gasteiger partial charge in [0.2, 0.25) is 65.0 Å². The van der Waals surface area contributed by atoms with E-state index in [0.29, 0.717) is 148 Å².